The van der Waals surface area contributed by atoms with Crippen LogP contribution in [0.4, 0.5) is 0 Å². The summed E-state index contributed by atoms with van der Waals surface area (Å²) in [7, 11) is 0. The zero-order valence-electron chi connectivity index (χ0n) is 8.31. The summed E-state index contributed by atoms with van der Waals surface area (Å²) in [4.78, 5) is 11.4. The van der Waals surface area contributed by atoms with Crippen LogP contribution in [0.25, 0.3) is 0 Å². The van der Waals surface area contributed by atoms with E-state index in [1.165, 1.54) is 6.42 Å². The van der Waals surface area contributed by atoms with Crippen LogP contribution in [0.2, 0.25) is 0 Å². The molecule has 68 valence electrons. The maximum Gasteiger partial charge on any atom is 0.158 e. The van der Waals surface area contributed by atoms with Crippen molar-refractivity contribution in [2.45, 2.75) is 46.5 Å². The molecule has 12 heavy (non-hydrogen) atoms. The third kappa shape index (κ3) is 2.80. The van der Waals surface area contributed by atoms with E-state index in [1.807, 2.05) is 0 Å². The minimum absolute atomic E-state index is 0.155. The van der Waals surface area contributed by atoms with Gasteiger partial charge in [-0.3, -0.25) is 4.79 Å². The molecule has 0 amide bonds. The first-order chi connectivity index (χ1) is 5.49. The molecule has 1 fully saturated rings. The second-order valence-electron chi connectivity index (χ2n) is 4.67. The van der Waals surface area contributed by atoms with Crippen molar-refractivity contribution >= 4 is 5.78 Å². The normalized spacial score (nSPS) is 23.2. The summed E-state index contributed by atoms with van der Waals surface area (Å²) in [6, 6.07) is 0. The minimum atomic E-state index is 0.155. The SMILES string of the molecule is CC(C)(C)/C=C1/CCCCC1=O. The molecule has 0 spiro atoms. The predicted octanol–water partition coefficient (Wildman–Crippen LogP) is 3.10. The molecule has 1 nitrogen and oxygen atoms in total. The zero-order chi connectivity index (χ0) is 9.19. The number of carbonyl (C=O) groups is 1. The fourth-order valence-corrected chi connectivity index (χ4v) is 1.58. The topological polar surface area (TPSA) is 17.1 Å². The maximum absolute atomic E-state index is 11.4. The Morgan fingerprint density at radius 1 is 1.17 bits per heavy atom. The standard InChI is InChI=1S/C11H18O/c1-11(2,3)8-9-6-4-5-7-10(9)12/h8H,4-7H2,1-3H3/b9-8-. The minimum Gasteiger partial charge on any atom is -0.295 e. The zero-order valence-corrected chi connectivity index (χ0v) is 8.31. The van der Waals surface area contributed by atoms with Crippen molar-refractivity contribution in [3.05, 3.63) is 11.6 Å². The number of hydrogen-bond acceptors (Lipinski definition) is 1. The Kier molecular flexibility index (Phi) is 2.71. The van der Waals surface area contributed by atoms with Gasteiger partial charge in [0.1, 0.15) is 0 Å². The number of carbonyl (C=O) groups excluding carboxylic acids is 1. The van der Waals surface area contributed by atoms with E-state index in [1.54, 1.807) is 0 Å². The molecule has 1 saturated carbocycles. The number of rotatable bonds is 0. The highest BCUT2D eigenvalue weighted by Crippen LogP contribution is 2.25. The molecule has 0 aromatic carbocycles. The summed E-state index contributed by atoms with van der Waals surface area (Å²) in [5, 5.41) is 0. The summed E-state index contributed by atoms with van der Waals surface area (Å²) in [6.07, 6.45) is 6.17. The van der Waals surface area contributed by atoms with Gasteiger partial charge in [-0.15, -0.1) is 0 Å². The second kappa shape index (κ2) is 3.42. The molecule has 1 aliphatic carbocycles. The Morgan fingerprint density at radius 3 is 2.25 bits per heavy atom. The quantitative estimate of drug-likeness (QED) is 0.505. The van der Waals surface area contributed by atoms with Crippen molar-refractivity contribution in [3.63, 3.8) is 0 Å². The van der Waals surface area contributed by atoms with Gasteiger partial charge in [-0.25, -0.2) is 0 Å². The number of hydrogen-bond donors (Lipinski definition) is 0. The summed E-state index contributed by atoms with van der Waals surface area (Å²) in [5.74, 6) is 0.371. The van der Waals surface area contributed by atoms with Crippen molar-refractivity contribution < 1.29 is 4.79 Å². The predicted molar refractivity (Wildman–Crippen MR) is 51.0 cm³/mol. The Bertz CT molecular complexity index is 206. The van der Waals surface area contributed by atoms with Crippen LogP contribution in [-0.2, 0) is 4.79 Å². The molecule has 1 aliphatic rings. The molecule has 0 aromatic heterocycles. The van der Waals surface area contributed by atoms with Crippen molar-refractivity contribution in [3.8, 4) is 0 Å². The fourth-order valence-electron chi connectivity index (χ4n) is 1.58. The van der Waals surface area contributed by atoms with E-state index in [2.05, 4.69) is 26.8 Å². The third-order valence-electron chi connectivity index (χ3n) is 2.07. The van der Waals surface area contributed by atoms with Crippen LogP contribution in [0, 0.1) is 5.41 Å². The number of ketones is 1. The molecule has 1 rings (SSSR count). The first-order valence-electron chi connectivity index (χ1n) is 4.74. The summed E-state index contributed by atoms with van der Waals surface area (Å²) in [5.41, 5.74) is 1.22. The molecule has 0 aliphatic heterocycles. The molecular weight excluding hydrogens is 148 g/mol. The fraction of sp³-hybridized carbons (Fsp3) is 0.727. The molecule has 0 atom stereocenters. The lowest BCUT2D eigenvalue weighted by Crippen LogP contribution is -2.12. The van der Waals surface area contributed by atoms with E-state index < -0.39 is 0 Å². The van der Waals surface area contributed by atoms with E-state index in [-0.39, 0.29) is 5.41 Å². The van der Waals surface area contributed by atoms with Crippen LogP contribution in [0.5, 0.6) is 0 Å². The highest BCUT2D eigenvalue weighted by atomic mass is 16.1. The van der Waals surface area contributed by atoms with Gasteiger partial charge in [0.2, 0.25) is 0 Å². The maximum atomic E-state index is 11.4. The average molecular weight is 166 g/mol. The molecule has 0 heterocycles. The van der Waals surface area contributed by atoms with Crippen LogP contribution in [0.15, 0.2) is 11.6 Å². The Hall–Kier alpha value is -0.590. The van der Waals surface area contributed by atoms with Gasteiger partial charge < -0.3 is 0 Å². The van der Waals surface area contributed by atoms with Gasteiger partial charge in [-0.1, -0.05) is 26.8 Å². The van der Waals surface area contributed by atoms with Crippen LogP contribution >= 0.6 is 0 Å². The van der Waals surface area contributed by atoms with E-state index in [9.17, 15) is 4.79 Å². The average Bonchev–Trinajstić information content (AvgIpc) is 1.91. The van der Waals surface area contributed by atoms with Crippen molar-refractivity contribution in [2.24, 2.45) is 5.41 Å². The van der Waals surface area contributed by atoms with Gasteiger partial charge in [0.05, 0.1) is 0 Å². The first-order valence-corrected chi connectivity index (χ1v) is 4.74. The lowest BCUT2D eigenvalue weighted by Gasteiger charge is -2.18. The lowest BCUT2D eigenvalue weighted by molar-refractivity contribution is -0.116. The van der Waals surface area contributed by atoms with Crippen LogP contribution in [-0.4, -0.2) is 5.78 Å². The number of allylic oxidation sites excluding steroid dienone is 2. The van der Waals surface area contributed by atoms with E-state index >= 15 is 0 Å². The molecule has 0 bridgehead atoms. The number of Topliss-reactive ketones (excluding diaryl/α,β-unsaturated/α-hetero) is 1. The van der Waals surface area contributed by atoms with Gasteiger partial charge >= 0.3 is 0 Å². The largest absolute Gasteiger partial charge is 0.295 e. The van der Waals surface area contributed by atoms with Gasteiger partial charge in [-0.05, 0) is 30.3 Å². The van der Waals surface area contributed by atoms with E-state index in [4.69, 9.17) is 0 Å². The van der Waals surface area contributed by atoms with Gasteiger partial charge in [0.25, 0.3) is 0 Å². The lowest BCUT2D eigenvalue weighted by atomic mass is 9.86. The summed E-state index contributed by atoms with van der Waals surface area (Å²) >= 11 is 0. The highest BCUT2D eigenvalue weighted by molar-refractivity contribution is 5.96. The van der Waals surface area contributed by atoms with Gasteiger partial charge in [0.15, 0.2) is 5.78 Å². The van der Waals surface area contributed by atoms with Gasteiger partial charge in [0, 0.05) is 6.42 Å². The van der Waals surface area contributed by atoms with Gasteiger partial charge in [-0.2, -0.15) is 0 Å². The van der Waals surface area contributed by atoms with Crippen molar-refractivity contribution in [1.29, 1.82) is 0 Å². The Balaban J connectivity index is 2.72. The van der Waals surface area contributed by atoms with E-state index in [0.29, 0.717) is 5.78 Å². The molecule has 0 radical (unpaired) electrons. The smallest absolute Gasteiger partial charge is 0.158 e. The van der Waals surface area contributed by atoms with Crippen molar-refractivity contribution in [1.82, 2.24) is 0 Å². The van der Waals surface area contributed by atoms with Crippen LogP contribution < -0.4 is 0 Å². The monoisotopic (exact) mass is 166 g/mol. The van der Waals surface area contributed by atoms with E-state index in [0.717, 1.165) is 24.8 Å². The highest BCUT2D eigenvalue weighted by Gasteiger charge is 2.17. The first kappa shape index (κ1) is 9.50. The molecule has 0 unspecified atom stereocenters. The molecule has 0 N–H and O–H groups in total. The Labute approximate surface area is 74.9 Å². The van der Waals surface area contributed by atoms with Crippen molar-refractivity contribution in [2.75, 3.05) is 0 Å². The Morgan fingerprint density at radius 2 is 1.75 bits per heavy atom. The second-order valence-corrected chi connectivity index (χ2v) is 4.67. The van der Waals surface area contributed by atoms with Crippen LogP contribution in [0.1, 0.15) is 46.5 Å². The summed E-state index contributed by atoms with van der Waals surface area (Å²) < 4.78 is 0. The van der Waals surface area contributed by atoms with Crippen LogP contribution in [0.3, 0.4) is 0 Å². The third-order valence-corrected chi connectivity index (χ3v) is 2.07. The molecular formula is C11H18O. The summed E-state index contributed by atoms with van der Waals surface area (Å²) in [6.45, 7) is 6.42. The molecule has 0 aromatic rings. The molecule has 1 heteroatoms. The molecule has 0 saturated heterocycles.